The van der Waals surface area contributed by atoms with Gasteiger partial charge in [-0.2, -0.15) is 0 Å². The molecule has 1 heterocycles. The Balaban J connectivity index is 2.06. The summed E-state index contributed by atoms with van der Waals surface area (Å²) in [7, 11) is 0. The molecule has 0 aromatic heterocycles. The normalized spacial score (nSPS) is 18.2. The van der Waals surface area contributed by atoms with Gasteiger partial charge in [0.1, 0.15) is 0 Å². The van der Waals surface area contributed by atoms with Gasteiger partial charge in [-0.05, 0) is 24.5 Å². The molecule has 0 saturated carbocycles. The molecule has 0 spiro atoms. The molecule has 4 heteroatoms. The molecule has 0 aliphatic carbocycles. The molecule has 18 heavy (non-hydrogen) atoms. The van der Waals surface area contributed by atoms with E-state index in [1.54, 1.807) is 4.90 Å². The van der Waals surface area contributed by atoms with Gasteiger partial charge in [-0.1, -0.05) is 24.3 Å². The summed E-state index contributed by atoms with van der Waals surface area (Å²) in [6.45, 7) is 3.74. The lowest BCUT2D eigenvalue weighted by Gasteiger charge is -2.30. The fourth-order valence-corrected chi connectivity index (χ4v) is 2.39. The Morgan fingerprint density at radius 2 is 2.17 bits per heavy atom. The van der Waals surface area contributed by atoms with Crippen LogP contribution in [0.2, 0.25) is 0 Å². The molecule has 98 valence electrons. The number of aliphatic hydroxyl groups excluding tert-OH is 1. The molecule has 1 aliphatic rings. The third-order valence-corrected chi connectivity index (χ3v) is 3.44. The van der Waals surface area contributed by atoms with Gasteiger partial charge in [0.05, 0.1) is 12.6 Å². The van der Waals surface area contributed by atoms with E-state index in [9.17, 15) is 4.79 Å². The maximum atomic E-state index is 12.3. The molecule has 0 bridgehead atoms. The maximum Gasteiger partial charge on any atom is 0.240 e. The van der Waals surface area contributed by atoms with E-state index in [2.05, 4.69) is 17.4 Å². The zero-order chi connectivity index (χ0) is 13.0. The Labute approximate surface area is 108 Å². The van der Waals surface area contributed by atoms with Crippen LogP contribution in [0.4, 0.5) is 0 Å². The average Bonchev–Trinajstić information content (AvgIpc) is 2.43. The number of hydrogen-bond donors (Lipinski definition) is 2. The summed E-state index contributed by atoms with van der Waals surface area (Å²) in [5.74, 6) is 0.0843. The van der Waals surface area contributed by atoms with Gasteiger partial charge in [0.25, 0.3) is 0 Å². The molecule has 0 saturated heterocycles. The number of nitrogens with one attached hydrogen (secondary N) is 1. The van der Waals surface area contributed by atoms with Crippen LogP contribution in [0.1, 0.15) is 18.1 Å². The first-order valence-electron chi connectivity index (χ1n) is 6.46. The van der Waals surface area contributed by atoms with Crippen LogP contribution in [0.25, 0.3) is 0 Å². The van der Waals surface area contributed by atoms with Crippen LogP contribution in [0.3, 0.4) is 0 Å². The lowest BCUT2D eigenvalue weighted by atomic mass is 9.95. The lowest BCUT2D eigenvalue weighted by molar-refractivity contribution is -0.134. The minimum Gasteiger partial charge on any atom is -0.395 e. The molecule has 4 nitrogen and oxygen atoms in total. The summed E-state index contributed by atoms with van der Waals surface area (Å²) in [4.78, 5) is 14.0. The van der Waals surface area contributed by atoms with E-state index >= 15 is 0 Å². The lowest BCUT2D eigenvalue weighted by Crippen LogP contribution is -2.50. The minimum absolute atomic E-state index is 0.0168. The first-order valence-corrected chi connectivity index (χ1v) is 6.46. The number of rotatable bonds is 4. The van der Waals surface area contributed by atoms with Crippen LogP contribution < -0.4 is 5.32 Å². The highest BCUT2D eigenvalue weighted by Crippen LogP contribution is 2.17. The zero-order valence-corrected chi connectivity index (χ0v) is 10.7. The fourth-order valence-electron chi connectivity index (χ4n) is 2.39. The van der Waals surface area contributed by atoms with Gasteiger partial charge in [-0.15, -0.1) is 0 Å². The van der Waals surface area contributed by atoms with Gasteiger partial charge in [-0.3, -0.25) is 4.79 Å². The van der Waals surface area contributed by atoms with Crippen LogP contribution in [-0.4, -0.2) is 41.7 Å². The quantitative estimate of drug-likeness (QED) is 0.818. The fraction of sp³-hybridized carbons (Fsp3) is 0.500. The number of fused-ring (bicyclic) bond motifs is 1. The Morgan fingerprint density at radius 1 is 1.44 bits per heavy atom. The van der Waals surface area contributed by atoms with Crippen molar-refractivity contribution in [3.8, 4) is 0 Å². The second-order valence-electron chi connectivity index (χ2n) is 4.55. The molecule has 1 aliphatic heterocycles. The van der Waals surface area contributed by atoms with Crippen molar-refractivity contribution in [1.29, 1.82) is 0 Å². The topological polar surface area (TPSA) is 52.6 Å². The molecule has 1 aromatic rings. The van der Waals surface area contributed by atoms with E-state index < -0.39 is 0 Å². The van der Waals surface area contributed by atoms with Crippen molar-refractivity contribution in [3.63, 3.8) is 0 Å². The minimum atomic E-state index is -0.161. The standard InChI is InChI=1S/C14H20N2O2/c1-2-16(7-8-17)14(18)13-9-11-5-3-4-6-12(11)10-15-13/h3-6,13,15,17H,2,7-10H2,1H3/t13-/m1/s1. The van der Waals surface area contributed by atoms with Gasteiger partial charge in [0.15, 0.2) is 0 Å². The molecule has 1 aromatic carbocycles. The smallest absolute Gasteiger partial charge is 0.240 e. The van der Waals surface area contributed by atoms with Crippen LogP contribution in [0.15, 0.2) is 24.3 Å². The molecule has 2 rings (SSSR count). The van der Waals surface area contributed by atoms with Crippen LogP contribution in [0.5, 0.6) is 0 Å². The highest BCUT2D eigenvalue weighted by Gasteiger charge is 2.26. The molecule has 0 unspecified atom stereocenters. The van der Waals surface area contributed by atoms with E-state index in [1.807, 2.05) is 19.1 Å². The number of nitrogens with zero attached hydrogens (tertiary/aromatic N) is 1. The van der Waals surface area contributed by atoms with Crippen molar-refractivity contribution < 1.29 is 9.90 Å². The summed E-state index contributed by atoms with van der Waals surface area (Å²) < 4.78 is 0. The molecular weight excluding hydrogens is 228 g/mol. The summed E-state index contributed by atoms with van der Waals surface area (Å²) in [5.41, 5.74) is 2.52. The summed E-state index contributed by atoms with van der Waals surface area (Å²) >= 11 is 0. The Hall–Kier alpha value is -1.39. The Kier molecular flexibility index (Phi) is 4.33. The highest BCUT2D eigenvalue weighted by atomic mass is 16.3. The summed E-state index contributed by atoms with van der Waals surface area (Å²) in [6, 6.07) is 8.04. The number of aliphatic hydroxyl groups is 1. The van der Waals surface area contributed by atoms with Gasteiger partial charge >= 0.3 is 0 Å². The third-order valence-electron chi connectivity index (χ3n) is 3.44. The van der Waals surface area contributed by atoms with Crippen LogP contribution in [0, 0.1) is 0 Å². The largest absolute Gasteiger partial charge is 0.395 e. The predicted octanol–water partition coefficient (Wildman–Crippen LogP) is 0.542. The number of carbonyl (C=O) groups excluding carboxylic acids is 1. The van der Waals surface area contributed by atoms with Gasteiger partial charge < -0.3 is 15.3 Å². The average molecular weight is 248 g/mol. The third kappa shape index (κ3) is 2.71. The van der Waals surface area contributed by atoms with Crippen molar-refractivity contribution in [2.75, 3.05) is 19.7 Å². The SMILES string of the molecule is CCN(CCO)C(=O)[C@H]1Cc2ccccc2CN1. The van der Waals surface area contributed by atoms with Crippen molar-refractivity contribution in [2.45, 2.75) is 25.9 Å². The number of benzene rings is 1. The molecule has 1 amide bonds. The molecular formula is C14H20N2O2. The molecule has 0 radical (unpaired) electrons. The number of amides is 1. The first kappa shape index (κ1) is 13.1. The van der Waals surface area contributed by atoms with Gasteiger partial charge in [-0.25, -0.2) is 0 Å². The van der Waals surface area contributed by atoms with Crippen molar-refractivity contribution in [2.24, 2.45) is 0 Å². The van der Waals surface area contributed by atoms with Crippen molar-refractivity contribution in [1.82, 2.24) is 10.2 Å². The molecule has 2 N–H and O–H groups in total. The predicted molar refractivity (Wildman–Crippen MR) is 70.1 cm³/mol. The van der Waals surface area contributed by atoms with Crippen molar-refractivity contribution in [3.05, 3.63) is 35.4 Å². The Bertz CT molecular complexity index is 420. The number of carbonyl (C=O) groups is 1. The van der Waals surface area contributed by atoms with E-state index in [0.29, 0.717) is 13.1 Å². The van der Waals surface area contributed by atoms with Gasteiger partial charge in [0.2, 0.25) is 5.91 Å². The van der Waals surface area contributed by atoms with Gasteiger partial charge in [0, 0.05) is 19.6 Å². The zero-order valence-electron chi connectivity index (χ0n) is 10.7. The van der Waals surface area contributed by atoms with E-state index in [0.717, 1.165) is 13.0 Å². The molecule has 1 atom stereocenters. The second kappa shape index (κ2) is 5.98. The van der Waals surface area contributed by atoms with Crippen LogP contribution in [-0.2, 0) is 17.8 Å². The van der Waals surface area contributed by atoms with E-state index in [4.69, 9.17) is 5.11 Å². The number of likely N-dealkylation sites (N-methyl/N-ethyl adjacent to an activating group) is 1. The molecule has 0 fully saturated rings. The summed E-state index contributed by atoms with van der Waals surface area (Å²) in [6.07, 6.45) is 0.733. The number of hydrogen-bond acceptors (Lipinski definition) is 3. The second-order valence-corrected chi connectivity index (χ2v) is 4.55. The van der Waals surface area contributed by atoms with Crippen molar-refractivity contribution >= 4 is 5.91 Å². The monoisotopic (exact) mass is 248 g/mol. The first-order chi connectivity index (χ1) is 8.76. The summed E-state index contributed by atoms with van der Waals surface area (Å²) in [5, 5.41) is 12.2. The van der Waals surface area contributed by atoms with E-state index in [-0.39, 0.29) is 18.6 Å². The van der Waals surface area contributed by atoms with E-state index in [1.165, 1.54) is 11.1 Å². The maximum absolute atomic E-state index is 12.3. The Morgan fingerprint density at radius 3 is 2.83 bits per heavy atom. The highest BCUT2D eigenvalue weighted by molar-refractivity contribution is 5.82. The van der Waals surface area contributed by atoms with Crippen LogP contribution >= 0.6 is 0 Å².